The maximum Gasteiger partial charge on any atom is 0.325 e. The third-order valence-corrected chi connectivity index (χ3v) is 2.51. The van der Waals surface area contributed by atoms with Gasteiger partial charge in [-0.15, -0.1) is 0 Å². The highest BCUT2D eigenvalue weighted by Gasteiger charge is 2.27. The standard InChI is InChI=1S/C8H8Cl2N4O/c1-13-2-3-14(8(13)15)6-4-5(9)11-7(10)12-6/h4H,2-3H2,1H3. The molecule has 1 aromatic heterocycles. The number of anilines is 1. The van der Waals surface area contributed by atoms with Crippen molar-refractivity contribution in [3.8, 4) is 0 Å². The van der Waals surface area contributed by atoms with Crippen molar-refractivity contribution < 1.29 is 4.79 Å². The Labute approximate surface area is 96.6 Å². The molecule has 0 radical (unpaired) electrons. The average molecular weight is 247 g/mol. The molecule has 0 N–H and O–H groups in total. The zero-order valence-corrected chi connectivity index (χ0v) is 9.46. The maximum atomic E-state index is 11.6. The van der Waals surface area contributed by atoms with Crippen molar-refractivity contribution in [1.82, 2.24) is 14.9 Å². The topological polar surface area (TPSA) is 49.3 Å². The van der Waals surface area contributed by atoms with Crippen molar-refractivity contribution in [2.24, 2.45) is 0 Å². The summed E-state index contributed by atoms with van der Waals surface area (Å²) in [5, 5.41) is 0.271. The van der Waals surface area contributed by atoms with Crippen LogP contribution in [0.1, 0.15) is 0 Å². The second-order valence-electron chi connectivity index (χ2n) is 3.17. The van der Waals surface area contributed by atoms with Crippen LogP contribution < -0.4 is 4.90 Å². The van der Waals surface area contributed by atoms with E-state index in [1.165, 1.54) is 11.0 Å². The average Bonchev–Trinajstić information content (AvgIpc) is 2.46. The highest BCUT2D eigenvalue weighted by molar-refractivity contribution is 6.32. The van der Waals surface area contributed by atoms with Crippen LogP contribution in [0.25, 0.3) is 0 Å². The molecule has 1 aliphatic rings. The number of hydrogen-bond donors (Lipinski definition) is 0. The van der Waals surface area contributed by atoms with Crippen LogP contribution in [0.4, 0.5) is 10.6 Å². The molecule has 2 heterocycles. The van der Waals surface area contributed by atoms with Crippen LogP contribution >= 0.6 is 23.2 Å². The first-order valence-corrected chi connectivity index (χ1v) is 5.06. The second-order valence-corrected chi connectivity index (χ2v) is 3.90. The Bertz CT molecular complexity index is 391. The number of hydrogen-bond acceptors (Lipinski definition) is 3. The van der Waals surface area contributed by atoms with E-state index in [9.17, 15) is 4.79 Å². The van der Waals surface area contributed by atoms with Gasteiger partial charge in [-0.05, 0) is 11.6 Å². The lowest BCUT2D eigenvalue weighted by Gasteiger charge is -2.14. The molecule has 0 bridgehead atoms. The number of likely N-dealkylation sites (N-methyl/N-ethyl adjacent to an activating group) is 1. The summed E-state index contributed by atoms with van der Waals surface area (Å²) < 4.78 is 0. The molecule has 80 valence electrons. The number of carbonyl (C=O) groups is 1. The second kappa shape index (κ2) is 3.83. The third-order valence-electron chi connectivity index (χ3n) is 2.15. The number of urea groups is 1. The minimum atomic E-state index is -0.110. The molecule has 0 aromatic carbocycles. The molecule has 15 heavy (non-hydrogen) atoms. The van der Waals surface area contributed by atoms with E-state index in [-0.39, 0.29) is 16.5 Å². The first-order chi connectivity index (χ1) is 7.08. The van der Waals surface area contributed by atoms with Crippen molar-refractivity contribution in [3.63, 3.8) is 0 Å². The Balaban J connectivity index is 2.34. The molecule has 0 saturated carbocycles. The maximum absolute atomic E-state index is 11.6. The molecule has 0 spiro atoms. The van der Waals surface area contributed by atoms with E-state index < -0.39 is 0 Å². The first kappa shape index (κ1) is 10.4. The monoisotopic (exact) mass is 246 g/mol. The summed E-state index contributed by atoms with van der Waals surface area (Å²) in [5.74, 6) is 0.439. The molecule has 1 saturated heterocycles. The summed E-state index contributed by atoms with van der Waals surface area (Å²) in [5.41, 5.74) is 0. The molecule has 5 nitrogen and oxygen atoms in total. The largest absolute Gasteiger partial charge is 0.326 e. The van der Waals surface area contributed by atoms with Crippen LogP contribution in [0.2, 0.25) is 10.4 Å². The molecule has 1 fully saturated rings. The predicted octanol–water partition coefficient (Wildman–Crippen LogP) is 1.66. The van der Waals surface area contributed by atoms with Crippen LogP contribution in [-0.2, 0) is 0 Å². The number of amides is 2. The van der Waals surface area contributed by atoms with Gasteiger partial charge in [0.2, 0.25) is 5.28 Å². The summed E-state index contributed by atoms with van der Waals surface area (Å²) in [6.07, 6.45) is 0. The van der Waals surface area contributed by atoms with Crippen molar-refractivity contribution in [3.05, 3.63) is 16.5 Å². The van der Waals surface area contributed by atoms with Gasteiger partial charge >= 0.3 is 6.03 Å². The fourth-order valence-corrected chi connectivity index (χ4v) is 1.78. The van der Waals surface area contributed by atoms with Gasteiger partial charge in [-0.2, -0.15) is 0 Å². The Morgan fingerprint density at radius 1 is 1.33 bits per heavy atom. The summed E-state index contributed by atoms with van der Waals surface area (Å²) in [7, 11) is 1.73. The van der Waals surface area contributed by atoms with Crippen LogP contribution in [0.5, 0.6) is 0 Å². The summed E-state index contributed by atoms with van der Waals surface area (Å²) in [6.45, 7) is 1.25. The SMILES string of the molecule is CN1CCN(c2cc(Cl)nc(Cl)n2)C1=O. The normalized spacial score (nSPS) is 16.3. The Morgan fingerprint density at radius 3 is 2.60 bits per heavy atom. The lowest BCUT2D eigenvalue weighted by atomic mass is 10.5. The zero-order chi connectivity index (χ0) is 11.0. The van der Waals surface area contributed by atoms with E-state index in [0.717, 1.165) is 0 Å². The van der Waals surface area contributed by atoms with Gasteiger partial charge in [0, 0.05) is 26.2 Å². The van der Waals surface area contributed by atoms with Crippen LogP contribution in [0.3, 0.4) is 0 Å². The van der Waals surface area contributed by atoms with Gasteiger partial charge in [0.05, 0.1) is 0 Å². The predicted molar refractivity (Wildman–Crippen MR) is 57.4 cm³/mol. The fraction of sp³-hybridized carbons (Fsp3) is 0.375. The lowest BCUT2D eigenvalue weighted by molar-refractivity contribution is 0.229. The number of halogens is 2. The lowest BCUT2D eigenvalue weighted by Crippen LogP contribution is -2.29. The molecule has 7 heteroatoms. The minimum Gasteiger partial charge on any atom is -0.326 e. The van der Waals surface area contributed by atoms with Gasteiger partial charge in [-0.3, -0.25) is 4.90 Å². The van der Waals surface area contributed by atoms with E-state index in [1.54, 1.807) is 11.9 Å². The first-order valence-electron chi connectivity index (χ1n) is 4.30. The molecule has 0 atom stereocenters. The molecular weight excluding hydrogens is 239 g/mol. The molecule has 0 unspecified atom stereocenters. The van der Waals surface area contributed by atoms with Gasteiger partial charge in [0.15, 0.2) is 0 Å². The Hall–Kier alpha value is -1.07. The van der Waals surface area contributed by atoms with Crippen molar-refractivity contribution in [1.29, 1.82) is 0 Å². The summed E-state index contributed by atoms with van der Waals surface area (Å²) in [4.78, 5) is 22.4. The summed E-state index contributed by atoms with van der Waals surface area (Å²) >= 11 is 11.4. The smallest absolute Gasteiger partial charge is 0.325 e. The fourth-order valence-electron chi connectivity index (χ4n) is 1.38. The van der Waals surface area contributed by atoms with Crippen LogP contribution in [0.15, 0.2) is 6.07 Å². The number of rotatable bonds is 1. The number of aromatic nitrogens is 2. The third kappa shape index (κ3) is 1.98. The molecule has 1 aliphatic heterocycles. The molecule has 1 aromatic rings. The van der Waals surface area contributed by atoms with Crippen LogP contribution in [-0.4, -0.2) is 41.0 Å². The van der Waals surface area contributed by atoms with E-state index in [1.807, 2.05) is 0 Å². The quantitative estimate of drug-likeness (QED) is 0.560. The van der Waals surface area contributed by atoms with Gasteiger partial charge < -0.3 is 4.90 Å². The van der Waals surface area contributed by atoms with E-state index in [2.05, 4.69) is 9.97 Å². The highest BCUT2D eigenvalue weighted by Crippen LogP contribution is 2.21. The van der Waals surface area contributed by atoms with Gasteiger partial charge in [0.1, 0.15) is 11.0 Å². The van der Waals surface area contributed by atoms with E-state index in [4.69, 9.17) is 23.2 Å². The van der Waals surface area contributed by atoms with Crippen LogP contribution in [0, 0.1) is 0 Å². The molecule has 0 aliphatic carbocycles. The summed E-state index contributed by atoms with van der Waals surface area (Å²) in [6, 6.07) is 1.41. The minimum absolute atomic E-state index is 0.0415. The van der Waals surface area contributed by atoms with Crippen molar-refractivity contribution in [2.75, 3.05) is 25.0 Å². The Morgan fingerprint density at radius 2 is 2.07 bits per heavy atom. The van der Waals surface area contributed by atoms with E-state index >= 15 is 0 Å². The number of nitrogens with zero attached hydrogens (tertiary/aromatic N) is 4. The van der Waals surface area contributed by atoms with Crippen molar-refractivity contribution in [2.45, 2.75) is 0 Å². The number of carbonyl (C=O) groups excluding carboxylic acids is 1. The van der Waals surface area contributed by atoms with Gasteiger partial charge in [0.25, 0.3) is 0 Å². The molecule has 2 rings (SSSR count). The molecule has 2 amide bonds. The Kier molecular flexibility index (Phi) is 2.67. The van der Waals surface area contributed by atoms with E-state index in [0.29, 0.717) is 18.9 Å². The highest BCUT2D eigenvalue weighted by atomic mass is 35.5. The zero-order valence-electron chi connectivity index (χ0n) is 7.94. The van der Waals surface area contributed by atoms with Crippen molar-refractivity contribution >= 4 is 35.1 Å². The molecular formula is C8H8Cl2N4O. The van der Waals surface area contributed by atoms with Gasteiger partial charge in [-0.25, -0.2) is 14.8 Å². The van der Waals surface area contributed by atoms with Gasteiger partial charge in [-0.1, -0.05) is 11.6 Å².